The van der Waals surface area contributed by atoms with Crippen LogP contribution in [0.15, 0.2) is 164 Å². The van der Waals surface area contributed by atoms with Gasteiger partial charge in [-0.15, -0.1) is 15.3 Å². The molecule has 368 valence electrons. The number of fused-ring (bicyclic) bond motifs is 2. The van der Waals surface area contributed by atoms with E-state index in [4.69, 9.17) is 32.7 Å². The molecule has 0 saturated heterocycles. The number of rotatable bonds is 12. The van der Waals surface area contributed by atoms with Gasteiger partial charge in [-0.1, -0.05) is 77.5 Å². The third-order valence-corrected chi connectivity index (χ3v) is 13.5. The topological polar surface area (TPSA) is 281 Å². The van der Waals surface area contributed by atoms with Crippen molar-refractivity contribution in [3.05, 3.63) is 166 Å². The molecule has 8 rings (SSSR count). The molecule has 0 heterocycles. The Hall–Kier alpha value is -6.41. The van der Waals surface area contributed by atoms with Gasteiger partial charge in [0.05, 0.1) is 45.3 Å². The molecule has 4 N–H and O–H groups in total. The van der Waals surface area contributed by atoms with Crippen molar-refractivity contribution < 1.29 is 55.2 Å². The fourth-order valence-corrected chi connectivity index (χ4v) is 9.12. The molecule has 0 aliphatic rings. The van der Waals surface area contributed by atoms with Crippen LogP contribution in [0.2, 0.25) is 10.0 Å². The van der Waals surface area contributed by atoms with Gasteiger partial charge in [0.25, 0.3) is 21.9 Å². The summed E-state index contributed by atoms with van der Waals surface area (Å²) in [5.74, 6) is -1.12. The molecule has 2 amide bonds. The second kappa shape index (κ2) is 23.6. The summed E-state index contributed by atoms with van der Waals surface area (Å²) < 4.78 is 77.7. The van der Waals surface area contributed by atoms with Gasteiger partial charge in [0, 0.05) is 27.7 Å². The number of nitrogens with one attached hydrogen (secondary N) is 2. The van der Waals surface area contributed by atoms with Crippen LogP contribution in [0, 0.1) is 13.8 Å². The first-order valence-electron chi connectivity index (χ1n) is 20.9. The number of phenols is 1. The molecule has 0 unspecified atom stereocenters. The largest absolute Gasteiger partial charge is 2.00 e. The molecule has 8 aromatic carbocycles. The number of benzene rings is 8. The zero-order valence-electron chi connectivity index (χ0n) is 38.7. The summed E-state index contributed by atoms with van der Waals surface area (Å²) in [6.07, 6.45) is 0. The first-order valence-corrected chi connectivity index (χ1v) is 24.5. The quantitative estimate of drug-likeness (QED) is 0.0505. The van der Waals surface area contributed by atoms with Gasteiger partial charge < -0.3 is 34.9 Å². The minimum Gasteiger partial charge on any atom is -0.870 e. The average Bonchev–Trinajstić information content (AvgIpc) is 3.34. The van der Waals surface area contributed by atoms with Crippen molar-refractivity contribution in [3.8, 4) is 23.0 Å². The molecular formula is C50H38BaCl2N6O12S2. The van der Waals surface area contributed by atoms with Crippen molar-refractivity contribution in [2.24, 2.45) is 20.5 Å². The Balaban J connectivity index is 0.000000235. The van der Waals surface area contributed by atoms with Crippen molar-refractivity contribution in [1.82, 2.24) is 0 Å². The summed E-state index contributed by atoms with van der Waals surface area (Å²) in [7, 11) is -6.25. The predicted octanol–water partition coefficient (Wildman–Crippen LogP) is 11.5. The first-order chi connectivity index (χ1) is 34.2. The standard InChI is InChI=1S/2C25H20ClN3O6S.Ba/c2*1-14-21(36(32,33)34)12-11-20(26)22(14)28-29-23-18-6-4-3-5-15(18)13-19(24(23)30)25(31)27-16-7-9-17(35-2)10-8-16;/h2*3-13,30H,1-2H3,(H,27,31)(H,32,33,34);/q;;+2/p-2. The number of hydrogen-bond donors (Lipinski definition) is 4. The van der Waals surface area contributed by atoms with E-state index in [9.17, 15) is 45.7 Å². The van der Waals surface area contributed by atoms with E-state index in [2.05, 4.69) is 31.1 Å². The van der Waals surface area contributed by atoms with E-state index < -0.39 is 48.4 Å². The number of halogens is 2. The van der Waals surface area contributed by atoms with E-state index in [1.54, 1.807) is 97.1 Å². The Morgan fingerprint density at radius 2 is 0.973 bits per heavy atom. The maximum absolute atomic E-state index is 13.3. The molecule has 23 heteroatoms. The molecule has 0 aliphatic carbocycles. The van der Waals surface area contributed by atoms with Crippen LogP contribution in [0.4, 0.5) is 34.1 Å². The van der Waals surface area contributed by atoms with Crippen LogP contribution < -0.4 is 25.2 Å². The fraction of sp³-hybridized carbons (Fsp3) is 0.0800. The number of methoxy groups -OCH3 is 2. The van der Waals surface area contributed by atoms with E-state index in [-0.39, 0.29) is 109 Å². The number of aromatic hydroxyl groups is 1. The number of phenolic OH excluding ortho intramolecular Hbond substituents is 1. The van der Waals surface area contributed by atoms with Crippen LogP contribution in [0.25, 0.3) is 21.5 Å². The van der Waals surface area contributed by atoms with Crippen molar-refractivity contribution in [1.29, 1.82) is 0 Å². The van der Waals surface area contributed by atoms with Gasteiger partial charge in [0.2, 0.25) is 0 Å². The molecule has 0 fully saturated rings. The number of ether oxygens (including phenoxy) is 2. The molecule has 0 radical (unpaired) electrons. The molecule has 73 heavy (non-hydrogen) atoms. The summed E-state index contributed by atoms with van der Waals surface area (Å²) in [5, 5.41) is 48.2. The summed E-state index contributed by atoms with van der Waals surface area (Å²) >= 11 is 12.4. The smallest absolute Gasteiger partial charge is 0.870 e. The maximum atomic E-state index is 13.3. The first kappa shape index (κ1) is 55.9. The Bertz CT molecular complexity index is 3490. The van der Waals surface area contributed by atoms with Crippen LogP contribution in [0.1, 0.15) is 31.8 Å². The molecule has 8 aromatic rings. The van der Waals surface area contributed by atoms with Gasteiger partial charge in [-0.25, -0.2) is 8.42 Å². The van der Waals surface area contributed by atoms with Crippen LogP contribution in [0.5, 0.6) is 23.0 Å². The fourth-order valence-electron chi connectivity index (χ4n) is 7.21. The number of anilines is 2. The minimum absolute atomic E-state index is 0. The van der Waals surface area contributed by atoms with E-state index in [1.165, 1.54) is 52.3 Å². The number of carbonyl (C=O) groups excluding carboxylic acids is 2. The SMILES string of the molecule is COc1ccc(NC(=O)c2cc3ccccc3c(N=Nc3c(Cl)ccc(S(=O)(=O)O)c3C)c2O)cc1.COc1ccc(NC(=O)c2cc3ccccc3c(N=Nc3c(Cl)ccc(S(=O)(=O)[O-])c3C)c2[O-])cc1.[Ba+2]. The van der Waals surface area contributed by atoms with Crippen LogP contribution in [-0.2, 0) is 20.2 Å². The van der Waals surface area contributed by atoms with Gasteiger partial charge in [-0.2, -0.15) is 13.5 Å². The molecule has 0 saturated carbocycles. The Labute approximate surface area is 468 Å². The number of carbonyl (C=O) groups is 2. The maximum Gasteiger partial charge on any atom is 2.00 e. The zero-order valence-corrected chi connectivity index (χ0v) is 46.3. The summed E-state index contributed by atoms with van der Waals surface area (Å²) in [5.41, 5.74) is 0.547. The minimum atomic E-state index is -4.78. The summed E-state index contributed by atoms with van der Waals surface area (Å²) in [6.45, 7) is 2.78. The Kier molecular flexibility index (Phi) is 18.1. The second-order valence-electron chi connectivity index (χ2n) is 15.4. The predicted molar refractivity (Wildman–Crippen MR) is 275 cm³/mol. The molecule has 0 atom stereocenters. The molecule has 0 bridgehead atoms. The van der Waals surface area contributed by atoms with Crippen LogP contribution in [0.3, 0.4) is 0 Å². The van der Waals surface area contributed by atoms with E-state index in [0.29, 0.717) is 44.4 Å². The average molecular weight is 1190 g/mol. The Morgan fingerprint density at radius 3 is 1.44 bits per heavy atom. The van der Waals surface area contributed by atoms with E-state index in [1.807, 2.05) is 0 Å². The molecule has 0 aromatic heterocycles. The number of nitrogens with zero attached hydrogens (tertiary/aromatic N) is 4. The Morgan fingerprint density at radius 1 is 0.575 bits per heavy atom. The third-order valence-electron chi connectivity index (χ3n) is 10.9. The van der Waals surface area contributed by atoms with E-state index in [0.717, 1.165) is 12.1 Å². The molecule has 0 aliphatic heterocycles. The number of azo groups is 2. The second-order valence-corrected chi connectivity index (χ2v) is 19.0. The van der Waals surface area contributed by atoms with Crippen LogP contribution in [-0.4, -0.2) is 106 Å². The number of amides is 2. The van der Waals surface area contributed by atoms with Gasteiger partial charge in [0.15, 0.2) is 5.75 Å². The van der Waals surface area contributed by atoms with Gasteiger partial charge >= 0.3 is 48.9 Å². The monoisotopic (exact) mass is 1190 g/mol. The van der Waals surface area contributed by atoms with Gasteiger partial charge in [-0.3, -0.25) is 14.1 Å². The van der Waals surface area contributed by atoms with Crippen molar-refractivity contribution >= 4 is 160 Å². The zero-order chi connectivity index (χ0) is 52.1. The van der Waals surface area contributed by atoms with Crippen molar-refractivity contribution in [3.63, 3.8) is 0 Å². The van der Waals surface area contributed by atoms with E-state index >= 15 is 0 Å². The number of hydrogen-bond acceptors (Lipinski definition) is 15. The third kappa shape index (κ3) is 12.9. The molecular weight excluding hydrogens is 1150 g/mol. The van der Waals surface area contributed by atoms with Crippen molar-refractivity contribution in [2.75, 3.05) is 24.9 Å². The van der Waals surface area contributed by atoms with Gasteiger partial charge in [-0.05, 0) is 121 Å². The van der Waals surface area contributed by atoms with Gasteiger partial charge in [0.1, 0.15) is 38.7 Å². The van der Waals surface area contributed by atoms with Crippen LogP contribution >= 0.6 is 23.2 Å². The summed E-state index contributed by atoms with van der Waals surface area (Å²) in [4.78, 5) is 25.1. The summed E-state index contributed by atoms with van der Waals surface area (Å²) in [6, 6.07) is 34.7. The normalized spacial score (nSPS) is 11.5. The molecule has 0 spiro atoms. The molecule has 18 nitrogen and oxygen atoms in total. The van der Waals surface area contributed by atoms with Crippen molar-refractivity contribution in [2.45, 2.75) is 23.6 Å².